The molecule has 236 valence electrons. The SMILES string of the molecule is c1ccc(-c2ccccc2N(c2ccc(-c3nccnc3-c3ccccc3)cc2)c2ccc(-n3c4ccccc4c4ccccc43)cc2)cc1. The fourth-order valence-corrected chi connectivity index (χ4v) is 7.03. The summed E-state index contributed by atoms with van der Waals surface area (Å²) in [5, 5.41) is 2.51. The average Bonchev–Trinajstić information content (AvgIpc) is 3.54. The maximum atomic E-state index is 4.77. The smallest absolute Gasteiger partial charge is 0.0965 e. The Morgan fingerprint density at radius 2 is 0.840 bits per heavy atom. The average molecular weight is 641 g/mol. The van der Waals surface area contributed by atoms with Crippen LogP contribution in [-0.4, -0.2) is 14.5 Å². The normalized spacial score (nSPS) is 11.2. The standard InChI is InChI=1S/C46H32N4/c1-3-13-33(14-4-1)39-17-7-10-20-42(39)49(36-25-23-35(24-26-36)46-45(47-31-32-48-46)34-15-5-2-6-16-34)37-27-29-38(30-28-37)50-43-21-11-8-18-40(43)41-19-9-12-22-44(41)50/h1-32H. The van der Waals surface area contributed by atoms with Crippen LogP contribution in [0.3, 0.4) is 0 Å². The molecule has 4 nitrogen and oxygen atoms in total. The largest absolute Gasteiger partial charge is 0.310 e. The van der Waals surface area contributed by atoms with Crippen LogP contribution in [0.5, 0.6) is 0 Å². The minimum absolute atomic E-state index is 0.858. The molecule has 0 amide bonds. The van der Waals surface area contributed by atoms with Crippen molar-refractivity contribution in [1.82, 2.24) is 14.5 Å². The number of para-hydroxylation sites is 3. The number of anilines is 3. The van der Waals surface area contributed by atoms with E-state index in [4.69, 9.17) is 9.97 Å². The van der Waals surface area contributed by atoms with Gasteiger partial charge in [-0.3, -0.25) is 9.97 Å². The van der Waals surface area contributed by atoms with Gasteiger partial charge in [-0.25, -0.2) is 0 Å². The molecule has 4 heteroatoms. The summed E-state index contributed by atoms with van der Waals surface area (Å²) in [7, 11) is 0. The molecule has 2 aromatic heterocycles. The van der Waals surface area contributed by atoms with Crippen molar-refractivity contribution in [3.05, 3.63) is 194 Å². The van der Waals surface area contributed by atoms with Crippen LogP contribution in [0.2, 0.25) is 0 Å². The fourth-order valence-electron chi connectivity index (χ4n) is 7.03. The zero-order chi connectivity index (χ0) is 33.3. The lowest BCUT2D eigenvalue weighted by Gasteiger charge is -2.28. The van der Waals surface area contributed by atoms with Crippen LogP contribution in [-0.2, 0) is 0 Å². The van der Waals surface area contributed by atoms with Gasteiger partial charge in [0.1, 0.15) is 0 Å². The topological polar surface area (TPSA) is 34.0 Å². The van der Waals surface area contributed by atoms with Crippen molar-refractivity contribution < 1.29 is 0 Å². The Morgan fingerprint density at radius 1 is 0.380 bits per heavy atom. The molecule has 0 bridgehead atoms. The molecule has 0 atom stereocenters. The van der Waals surface area contributed by atoms with Gasteiger partial charge in [-0.2, -0.15) is 0 Å². The molecule has 2 heterocycles. The lowest BCUT2D eigenvalue weighted by atomic mass is 10.0. The van der Waals surface area contributed by atoms with Gasteiger partial charge in [-0.15, -0.1) is 0 Å². The van der Waals surface area contributed by atoms with Crippen LogP contribution in [0.15, 0.2) is 194 Å². The summed E-state index contributed by atoms with van der Waals surface area (Å²) >= 11 is 0. The summed E-state index contributed by atoms with van der Waals surface area (Å²) in [6, 6.07) is 64.3. The first-order chi connectivity index (χ1) is 24.8. The van der Waals surface area contributed by atoms with Gasteiger partial charge in [-0.1, -0.05) is 127 Å². The predicted octanol–water partition coefficient (Wildman–Crippen LogP) is 12.0. The quantitative estimate of drug-likeness (QED) is 0.174. The first-order valence-electron chi connectivity index (χ1n) is 16.8. The highest BCUT2D eigenvalue weighted by atomic mass is 15.1. The van der Waals surface area contributed by atoms with Crippen LogP contribution >= 0.6 is 0 Å². The minimum atomic E-state index is 0.858. The van der Waals surface area contributed by atoms with Gasteiger partial charge >= 0.3 is 0 Å². The number of rotatable bonds is 7. The number of fused-ring (bicyclic) bond motifs is 3. The third kappa shape index (κ3) is 5.20. The van der Waals surface area contributed by atoms with Gasteiger partial charge in [0.05, 0.1) is 28.1 Å². The monoisotopic (exact) mass is 640 g/mol. The zero-order valence-electron chi connectivity index (χ0n) is 27.3. The number of benzene rings is 7. The summed E-state index contributed by atoms with van der Waals surface area (Å²) in [5.41, 5.74) is 12.8. The molecule has 0 saturated heterocycles. The lowest BCUT2D eigenvalue weighted by molar-refractivity contribution is 1.17. The Hall–Kier alpha value is -6.78. The number of aromatic nitrogens is 3. The van der Waals surface area contributed by atoms with E-state index in [9.17, 15) is 0 Å². The first kappa shape index (κ1) is 29.4. The molecule has 9 rings (SSSR count). The molecule has 7 aromatic carbocycles. The third-order valence-electron chi connectivity index (χ3n) is 9.32. The summed E-state index contributed by atoms with van der Waals surface area (Å²) < 4.78 is 2.36. The van der Waals surface area contributed by atoms with Crippen molar-refractivity contribution >= 4 is 38.9 Å². The van der Waals surface area contributed by atoms with Gasteiger partial charge in [-0.05, 0) is 60.2 Å². The van der Waals surface area contributed by atoms with E-state index in [-0.39, 0.29) is 0 Å². The summed E-state index contributed by atoms with van der Waals surface area (Å²) in [5.74, 6) is 0. The Bertz CT molecular complexity index is 2520. The van der Waals surface area contributed by atoms with E-state index in [0.29, 0.717) is 0 Å². The Balaban J connectivity index is 1.17. The van der Waals surface area contributed by atoms with E-state index in [0.717, 1.165) is 50.8 Å². The minimum Gasteiger partial charge on any atom is -0.310 e. The van der Waals surface area contributed by atoms with Gasteiger partial charge < -0.3 is 9.47 Å². The van der Waals surface area contributed by atoms with Gasteiger partial charge in [0.2, 0.25) is 0 Å². The lowest BCUT2D eigenvalue weighted by Crippen LogP contribution is -2.11. The van der Waals surface area contributed by atoms with Crippen molar-refractivity contribution in [1.29, 1.82) is 0 Å². The number of hydrogen-bond donors (Lipinski definition) is 0. The molecule has 50 heavy (non-hydrogen) atoms. The highest BCUT2D eigenvalue weighted by Gasteiger charge is 2.19. The maximum Gasteiger partial charge on any atom is 0.0965 e. The van der Waals surface area contributed by atoms with Crippen LogP contribution in [0, 0.1) is 0 Å². The first-order valence-corrected chi connectivity index (χ1v) is 16.8. The molecule has 0 radical (unpaired) electrons. The second-order valence-electron chi connectivity index (χ2n) is 12.3. The molecule has 0 unspecified atom stereocenters. The predicted molar refractivity (Wildman–Crippen MR) is 207 cm³/mol. The highest BCUT2D eigenvalue weighted by molar-refractivity contribution is 6.09. The van der Waals surface area contributed by atoms with E-state index in [2.05, 4.69) is 173 Å². The molecule has 0 aliphatic carbocycles. The van der Waals surface area contributed by atoms with E-state index < -0.39 is 0 Å². The molecule has 9 aromatic rings. The van der Waals surface area contributed by atoms with Crippen LogP contribution in [0.1, 0.15) is 0 Å². The molecule has 0 aliphatic rings. The second-order valence-corrected chi connectivity index (χ2v) is 12.3. The molecule has 0 fully saturated rings. The Morgan fingerprint density at radius 3 is 1.44 bits per heavy atom. The molecule has 0 spiro atoms. The van der Waals surface area contributed by atoms with Crippen LogP contribution in [0.25, 0.3) is 61.1 Å². The van der Waals surface area contributed by atoms with Gasteiger partial charge in [0, 0.05) is 56.9 Å². The molecule has 0 saturated carbocycles. The van der Waals surface area contributed by atoms with Crippen molar-refractivity contribution in [3.8, 4) is 39.3 Å². The van der Waals surface area contributed by atoms with Gasteiger partial charge in [0.15, 0.2) is 0 Å². The van der Waals surface area contributed by atoms with Crippen molar-refractivity contribution in [3.63, 3.8) is 0 Å². The molecule has 0 N–H and O–H groups in total. The summed E-state index contributed by atoms with van der Waals surface area (Å²) in [6.07, 6.45) is 3.52. The van der Waals surface area contributed by atoms with Crippen molar-refractivity contribution in [2.45, 2.75) is 0 Å². The second kappa shape index (κ2) is 12.7. The van der Waals surface area contributed by atoms with E-state index >= 15 is 0 Å². The van der Waals surface area contributed by atoms with Crippen LogP contribution < -0.4 is 4.90 Å². The highest BCUT2D eigenvalue weighted by Crippen LogP contribution is 2.42. The van der Waals surface area contributed by atoms with E-state index in [1.807, 2.05) is 18.2 Å². The van der Waals surface area contributed by atoms with Crippen molar-refractivity contribution in [2.24, 2.45) is 0 Å². The molecular formula is C46H32N4. The Labute approximate surface area is 291 Å². The molecular weight excluding hydrogens is 609 g/mol. The summed E-state index contributed by atoms with van der Waals surface area (Å²) in [4.78, 5) is 11.8. The summed E-state index contributed by atoms with van der Waals surface area (Å²) in [6.45, 7) is 0. The van der Waals surface area contributed by atoms with E-state index in [1.165, 1.54) is 27.4 Å². The van der Waals surface area contributed by atoms with Gasteiger partial charge in [0.25, 0.3) is 0 Å². The zero-order valence-corrected chi connectivity index (χ0v) is 27.3. The number of hydrogen-bond acceptors (Lipinski definition) is 3. The molecule has 0 aliphatic heterocycles. The third-order valence-corrected chi connectivity index (χ3v) is 9.32. The van der Waals surface area contributed by atoms with E-state index in [1.54, 1.807) is 12.4 Å². The maximum absolute atomic E-state index is 4.77. The number of nitrogens with zero attached hydrogens (tertiary/aromatic N) is 4. The van der Waals surface area contributed by atoms with Crippen molar-refractivity contribution in [2.75, 3.05) is 4.90 Å². The van der Waals surface area contributed by atoms with Crippen LogP contribution in [0.4, 0.5) is 17.1 Å². The fraction of sp³-hybridized carbons (Fsp3) is 0. The Kier molecular flexibility index (Phi) is 7.45.